The van der Waals surface area contributed by atoms with E-state index in [2.05, 4.69) is 15.3 Å². The first-order valence-electron chi connectivity index (χ1n) is 6.95. The Morgan fingerprint density at radius 2 is 1.86 bits per heavy atom. The number of H-pyrrole nitrogens is 2. The molecule has 0 fully saturated rings. The Hall–Kier alpha value is -2.67. The highest BCUT2D eigenvalue weighted by Crippen LogP contribution is 2.14. The number of amides is 1. The van der Waals surface area contributed by atoms with E-state index in [4.69, 9.17) is 5.73 Å². The van der Waals surface area contributed by atoms with Crippen LogP contribution in [0.1, 0.15) is 34.6 Å². The van der Waals surface area contributed by atoms with Gasteiger partial charge in [0.05, 0.1) is 0 Å². The predicted molar refractivity (Wildman–Crippen MR) is 82.9 cm³/mol. The average Bonchev–Trinajstić information content (AvgIpc) is 2.84. The van der Waals surface area contributed by atoms with E-state index in [1.165, 1.54) is 0 Å². The molecule has 1 amide bonds. The summed E-state index contributed by atoms with van der Waals surface area (Å²) in [4.78, 5) is 40.0. The lowest BCUT2D eigenvalue weighted by Gasteiger charge is -2.06. The van der Waals surface area contributed by atoms with Crippen LogP contribution >= 0.6 is 0 Å². The van der Waals surface area contributed by atoms with Crippen molar-refractivity contribution in [2.45, 2.75) is 19.8 Å². The van der Waals surface area contributed by atoms with Gasteiger partial charge >= 0.3 is 5.69 Å². The second kappa shape index (κ2) is 6.86. The zero-order valence-electron chi connectivity index (χ0n) is 12.2. The number of benzene rings is 1. The van der Waals surface area contributed by atoms with Crippen LogP contribution in [0, 0.1) is 6.92 Å². The van der Waals surface area contributed by atoms with Crippen molar-refractivity contribution in [3.05, 3.63) is 51.7 Å². The minimum absolute atomic E-state index is 0.115. The largest absolute Gasteiger partial charge is 0.330 e. The molecule has 5 N–H and O–H groups in total. The van der Waals surface area contributed by atoms with Crippen LogP contribution in [0.2, 0.25) is 0 Å². The van der Waals surface area contributed by atoms with Gasteiger partial charge in [-0.05, 0) is 44.2 Å². The summed E-state index contributed by atoms with van der Waals surface area (Å²) >= 11 is 0. The lowest BCUT2D eigenvalue weighted by atomic mass is 10.1. The number of rotatable bonds is 6. The third-order valence-corrected chi connectivity index (χ3v) is 3.18. The molecule has 0 unspecified atom stereocenters. The number of aryl methyl sites for hydroxylation is 1. The molecular formula is C15H18N4O3. The summed E-state index contributed by atoms with van der Waals surface area (Å²) in [5, 5.41) is 2.73. The van der Waals surface area contributed by atoms with E-state index in [0.717, 1.165) is 0 Å². The molecule has 0 bridgehead atoms. The highest BCUT2D eigenvalue weighted by molar-refractivity contribution is 6.08. The van der Waals surface area contributed by atoms with Crippen LogP contribution in [0.15, 0.2) is 29.1 Å². The van der Waals surface area contributed by atoms with Gasteiger partial charge in [0.25, 0.3) is 0 Å². The molecule has 2 rings (SSSR count). The van der Waals surface area contributed by atoms with Gasteiger partial charge in [0.15, 0.2) is 0 Å². The molecule has 7 nitrogen and oxygen atoms in total. The minimum atomic E-state index is -0.412. The summed E-state index contributed by atoms with van der Waals surface area (Å²) in [6.07, 6.45) is 0.990. The fourth-order valence-electron chi connectivity index (χ4n) is 2.03. The molecule has 0 saturated carbocycles. The number of hydrogen-bond donors (Lipinski definition) is 4. The SMILES string of the molecule is Cc1[nH]c(=O)[nH]c1C(=O)c1ccc(NC(=O)CCCN)cc1. The molecule has 0 spiro atoms. The van der Waals surface area contributed by atoms with Crippen LogP contribution in [0.3, 0.4) is 0 Å². The zero-order valence-corrected chi connectivity index (χ0v) is 12.2. The van der Waals surface area contributed by atoms with Crippen molar-refractivity contribution in [2.75, 3.05) is 11.9 Å². The van der Waals surface area contributed by atoms with Crippen molar-refractivity contribution in [1.29, 1.82) is 0 Å². The van der Waals surface area contributed by atoms with Gasteiger partial charge in [0.1, 0.15) is 5.69 Å². The van der Waals surface area contributed by atoms with Crippen molar-refractivity contribution >= 4 is 17.4 Å². The van der Waals surface area contributed by atoms with Crippen LogP contribution < -0.4 is 16.7 Å². The standard InChI is InChI=1S/C15H18N4O3/c1-9-13(19-15(22)17-9)14(21)10-4-6-11(7-5-10)18-12(20)3-2-8-16/h4-7H,2-3,8,16H2,1H3,(H,18,20)(H2,17,19,22). The van der Waals surface area contributed by atoms with Crippen molar-refractivity contribution in [1.82, 2.24) is 9.97 Å². The second-order valence-electron chi connectivity index (χ2n) is 4.93. The summed E-state index contributed by atoms with van der Waals surface area (Å²) < 4.78 is 0. The zero-order chi connectivity index (χ0) is 16.1. The van der Waals surface area contributed by atoms with Crippen molar-refractivity contribution < 1.29 is 9.59 Å². The normalized spacial score (nSPS) is 10.5. The quantitative estimate of drug-likeness (QED) is 0.593. The summed E-state index contributed by atoms with van der Waals surface area (Å²) in [5.74, 6) is -0.396. The Balaban J connectivity index is 2.08. The number of ketones is 1. The number of carbonyl (C=O) groups is 2. The maximum atomic E-state index is 12.3. The number of imidazole rings is 1. The first-order valence-corrected chi connectivity index (χ1v) is 6.95. The van der Waals surface area contributed by atoms with Crippen LogP contribution in [0.25, 0.3) is 0 Å². The van der Waals surface area contributed by atoms with Crippen molar-refractivity contribution in [3.63, 3.8) is 0 Å². The van der Waals surface area contributed by atoms with Gasteiger partial charge < -0.3 is 21.0 Å². The molecular weight excluding hydrogens is 284 g/mol. The number of nitrogens with one attached hydrogen (secondary N) is 3. The second-order valence-corrected chi connectivity index (χ2v) is 4.93. The summed E-state index contributed by atoms with van der Waals surface area (Å²) in [5.41, 5.74) is 6.71. The Bertz CT molecular complexity index is 728. The Kier molecular flexibility index (Phi) is 4.90. The van der Waals surface area contributed by atoms with Crippen LogP contribution in [0.5, 0.6) is 0 Å². The van der Waals surface area contributed by atoms with Gasteiger partial charge in [-0.15, -0.1) is 0 Å². The fourth-order valence-corrected chi connectivity index (χ4v) is 2.03. The number of hydrogen-bond acceptors (Lipinski definition) is 4. The Morgan fingerprint density at radius 3 is 2.41 bits per heavy atom. The minimum Gasteiger partial charge on any atom is -0.330 e. The lowest BCUT2D eigenvalue weighted by Crippen LogP contribution is -2.13. The molecule has 1 heterocycles. The molecule has 1 aromatic heterocycles. The maximum absolute atomic E-state index is 12.3. The molecule has 0 aliphatic heterocycles. The van der Waals surface area contributed by atoms with Crippen LogP contribution in [-0.2, 0) is 4.79 Å². The van der Waals surface area contributed by atoms with Gasteiger partial charge in [-0.3, -0.25) is 9.59 Å². The molecule has 0 saturated heterocycles. The lowest BCUT2D eigenvalue weighted by molar-refractivity contribution is -0.116. The highest BCUT2D eigenvalue weighted by Gasteiger charge is 2.14. The molecule has 116 valence electrons. The third-order valence-electron chi connectivity index (χ3n) is 3.18. The van der Waals surface area contributed by atoms with Gasteiger partial charge in [-0.2, -0.15) is 0 Å². The van der Waals surface area contributed by atoms with E-state index in [-0.39, 0.29) is 17.4 Å². The number of carbonyl (C=O) groups excluding carboxylic acids is 2. The smallest absolute Gasteiger partial charge is 0.323 e. The molecule has 0 aliphatic carbocycles. The maximum Gasteiger partial charge on any atom is 0.323 e. The summed E-state index contributed by atoms with van der Waals surface area (Å²) in [7, 11) is 0. The van der Waals surface area contributed by atoms with E-state index >= 15 is 0 Å². The molecule has 1 aromatic carbocycles. The van der Waals surface area contributed by atoms with Crippen LogP contribution in [-0.4, -0.2) is 28.2 Å². The number of aromatic nitrogens is 2. The topological polar surface area (TPSA) is 121 Å². The first kappa shape index (κ1) is 15.7. The van der Waals surface area contributed by atoms with E-state index < -0.39 is 5.69 Å². The van der Waals surface area contributed by atoms with E-state index in [9.17, 15) is 14.4 Å². The molecule has 22 heavy (non-hydrogen) atoms. The van der Waals surface area contributed by atoms with Gasteiger partial charge in [-0.1, -0.05) is 0 Å². The van der Waals surface area contributed by atoms with Gasteiger partial charge in [0, 0.05) is 23.4 Å². The van der Waals surface area contributed by atoms with Crippen molar-refractivity contribution in [3.8, 4) is 0 Å². The molecule has 7 heteroatoms. The summed E-state index contributed by atoms with van der Waals surface area (Å²) in [6, 6.07) is 6.50. The monoisotopic (exact) mass is 302 g/mol. The fraction of sp³-hybridized carbons (Fsp3) is 0.267. The Morgan fingerprint density at radius 1 is 1.18 bits per heavy atom. The number of aromatic amines is 2. The van der Waals surface area contributed by atoms with E-state index in [1.807, 2.05) is 0 Å². The molecule has 0 aliphatic rings. The van der Waals surface area contributed by atoms with Crippen LogP contribution in [0.4, 0.5) is 5.69 Å². The Labute approximate surface area is 126 Å². The third kappa shape index (κ3) is 3.70. The van der Waals surface area contributed by atoms with Gasteiger partial charge in [0.2, 0.25) is 11.7 Å². The molecule has 0 radical (unpaired) electrons. The van der Waals surface area contributed by atoms with Gasteiger partial charge in [-0.25, -0.2) is 4.79 Å². The molecule has 2 aromatic rings. The van der Waals surface area contributed by atoms with Crippen molar-refractivity contribution in [2.24, 2.45) is 5.73 Å². The average molecular weight is 302 g/mol. The summed E-state index contributed by atoms with van der Waals surface area (Å²) in [6.45, 7) is 2.12. The number of anilines is 1. The van der Waals surface area contributed by atoms with E-state index in [0.29, 0.717) is 36.3 Å². The highest BCUT2D eigenvalue weighted by atomic mass is 16.2. The molecule has 0 atom stereocenters. The van der Waals surface area contributed by atoms with E-state index in [1.54, 1.807) is 31.2 Å². The first-order chi connectivity index (χ1) is 10.5. The predicted octanol–water partition coefficient (Wildman–Crippen LogP) is 0.920. The number of nitrogens with two attached hydrogens (primary N) is 1.